The number of rotatable bonds is 6. The Morgan fingerprint density at radius 2 is 2.00 bits per heavy atom. The molecule has 96 valence electrons. The Morgan fingerprint density at radius 1 is 1.31 bits per heavy atom. The van der Waals surface area contributed by atoms with E-state index in [0.717, 1.165) is 24.4 Å². The molecule has 1 heterocycles. The second-order valence-electron chi connectivity index (χ2n) is 5.76. The maximum atomic E-state index is 6.00. The first-order chi connectivity index (χ1) is 7.61. The van der Waals surface area contributed by atoms with Gasteiger partial charge in [-0.05, 0) is 37.6 Å². The summed E-state index contributed by atoms with van der Waals surface area (Å²) in [7, 11) is 0. The van der Waals surface area contributed by atoms with Crippen LogP contribution in [0, 0.1) is 11.8 Å². The smallest absolute Gasteiger partial charge is 0.0247 e. The second-order valence-corrected chi connectivity index (χ2v) is 5.76. The maximum absolute atomic E-state index is 6.00. The van der Waals surface area contributed by atoms with E-state index < -0.39 is 0 Å². The van der Waals surface area contributed by atoms with Crippen LogP contribution in [0.25, 0.3) is 0 Å². The van der Waals surface area contributed by atoms with Crippen LogP contribution < -0.4 is 5.73 Å². The van der Waals surface area contributed by atoms with Crippen molar-refractivity contribution >= 4 is 0 Å². The van der Waals surface area contributed by atoms with E-state index in [0.29, 0.717) is 6.04 Å². The third-order valence-electron chi connectivity index (χ3n) is 4.18. The number of nitrogens with zero attached hydrogens (tertiary/aromatic N) is 1. The first-order valence-corrected chi connectivity index (χ1v) is 7.07. The van der Waals surface area contributed by atoms with Gasteiger partial charge in [-0.1, -0.05) is 34.1 Å². The highest BCUT2D eigenvalue weighted by Crippen LogP contribution is 2.29. The normalized spacial score (nSPS) is 26.2. The van der Waals surface area contributed by atoms with Crippen molar-refractivity contribution in [3.63, 3.8) is 0 Å². The summed E-state index contributed by atoms with van der Waals surface area (Å²) in [6.45, 7) is 11.4. The van der Waals surface area contributed by atoms with Crippen LogP contribution in [0.15, 0.2) is 0 Å². The van der Waals surface area contributed by atoms with E-state index in [9.17, 15) is 0 Å². The summed E-state index contributed by atoms with van der Waals surface area (Å²) < 4.78 is 0. The molecule has 0 saturated carbocycles. The van der Waals surface area contributed by atoms with Crippen LogP contribution in [0.1, 0.15) is 53.4 Å². The fourth-order valence-electron chi connectivity index (χ4n) is 3.28. The third-order valence-corrected chi connectivity index (χ3v) is 4.18. The van der Waals surface area contributed by atoms with Crippen LogP contribution in [0.2, 0.25) is 0 Å². The van der Waals surface area contributed by atoms with Crippen LogP contribution in [-0.2, 0) is 0 Å². The molecule has 0 amide bonds. The molecule has 1 saturated heterocycles. The standard InChI is InChI=1S/C14H30N2/c1-5-7-12(4)14(10-15)16-9-6-8-13(16)11(2)3/h11-14H,5-10,15H2,1-4H3. The van der Waals surface area contributed by atoms with E-state index in [1.54, 1.807) is 0 Å². The van der Waals surface area contributed by atoms with E-state index in [1.165, 1.54) is 32.2 Å². The number of hydrogen-bond acceptors (Lipinski definition) is 2. The first-order valence-electron chi connectivity index (χ1n) is 7.07. The Balaban J connectivity index is 2.63. The summed E-state index contributed by atoms with van der Waals surface area (Å²) in [5.41, 5.74) is 6.00. The van der Waals surface area contributed by atoms with Gasteiger partial charge in [0, 0.05) is 18.6 Å². The van der Waals surface area contributed by atoms with Crippen LogP contribution >= 0.6 is 0 Å². The summed E-state index contributed by atoms with van der Waals surface area (Å²) in [6, 6.07) is 1.38. The van der Waals surface area contributed by atoms with E-state index in [4.69, 9.17) is 5.73 Å². The molecule has 0 aliphatic carbocycles. The molecule has 3 unspecified atom stereocenters. The fourth-order valence-corrected chi connectivity index (χ4v) is 3.28. The molecule has 1 fully saturated rings. The SMILES string of the molecule is CCCC(C)C(CN)N1CCCC1C(C)C. The first kappa shape index (κ1) is 14.0. The van der Waals surface area contributed by atoms with Crippen molar-refractivity contribution in [1.29, 1.82) is 0 Å². The van der Waals surface area contributed by atoms with Gasteiger partial charge in [0.2, 0.25) is 0 Å². The van der Waals surface area contributed by atoms with Crippen molar-refractivity contribution in [1.82, 2.24) is 4.90 Å². The minimum absolute atomic E-state index is 0.606. The van der Waals surface area contributed by atoms with Gasteiger partial charge in [0.05, 0.1) is 0 Å². The van der Waals surface area contributed by atoms with Gasteiger partial charge >= 0.3 is 0 Å². The molecular weight excluding hydrogens is 196 g/mol. The predicted molar refractivity (Wildman–Crippen MR) is 71.5 cm³/mol. The molecule has 1 rings (SSSR count). The summed E-state index contributed by atoms with van der Waals surface area (Å²) in [6.07, 6.45) is 5.31. The van der Waals surface area contributed by atoms with E-state index in [1.807, 2.05) is 0 Å². The zero-order valence-corrected chi connectivity index (χ0v) is 11.6. The van der Waals surface area contributed by atoms with Gasteiger partial charge in [-0.15, -0.1) is 0 Å². The molecule has 0 spiro atoms. The van der Waals surface area contributed by atoms with Gasteiger partial charge < -0.3 is 5.73 Å². The molecule has 2 heteroatoms. The lowest BCUT2D eigenvalue weighted by Gasteiger charge is -2.38. The Bertz CT molecular complexity index is 191. The van der Waals surface area contributed by atoms with Gasteiger partial charge in [-0.2, -0.15) is 0 Å². The molecule has 2 nitrogen and oxygen atoms in total. The third kappa shape index (κ3) is 3.21. The summed E-state index contributed by atoms with van der Waals surface area (Å²) in [5.74, 6) is 1.51. The van der Waals surface area contributed by atoms with Crippen molar-refractivity contribution < 1.29 is 0 Å². The molecule has 2 N–H and O–H groups in total. The zero-order valence-electron chi connectivity index (χ0n) is 11.6. The molecule has 0 aromatic heterocycles. The van der Waals surface area contributed by atoms with Gasteiger partial charge in [0.15, 0.2) is 0 Å². The second kappa shape index (κ2) is 6.61. The molecule has 0 aromatic carbocycles. The van der Waals surface area contributed by atoms with Crippen LogP contribution in [0.3, 0.4) is 0 Å². The van der Waals surface area contributed by atoms with Crippen molar-refractivity contribution in [2.45, 2.75) is 65.5 Å². The van der Waals surface area contributed by atoms with Gasteiger partial charge in [-0.3, -0.25) is 4.90 Å². The Kier molecular flexibility index (Phi) is 5.77. The molecular formula is C14H30N2. The highest BCUT2D eigenvalue weighted by molar-refractivity contribution is 4.89. The molecule has 1 aliphatic rings. The summed E-state index contributed by atoms with van der Waals surface area (Å²) >= 11 is 0. The predicted octanol–water partition coefficient (Wildman–Crippen LogP) is 2.87. The summed E-state index contributed by atoms with van der Waals surface area (Å²) in [5, 5.41) is 0. The van der Waals surface area contributed by atoms with Gasteiger partial charge in [-0.25, -0.2) is 0 Å². The number of nitrogens with two attached hydrogens (primary N) is 1. The summed E-state index contributed by atoms with van der Waals surface area (Å²) in [4.78, 5) is 2.70. The van der Waals surface area contributed by atoms with E-state index in [-0.39, 0.29) is 0 Å². The maximum Gasteiger partial charge on any atom is 0.0247 e. The molecule has 0 bridgehead atoms. The van der Waals surface area contributed by atoms with Crippen LogP contribution in [0.5, 0.6) is 0 Å². The lowest BCUT2D eigenvalue weighted by molar-refractivity contribution is 0.109. The average molecular weight is 226 g/mol. The molecule has 1 aliphatic heterocycles. The van der Waals surface area contributed by atoms with Crippen LogP contribution in [0.4, 0.5) is 0 Å². The molecule has 16 heavy (non-hydrogen) atoms. The zero-order chi connectivity index (χ0) is 12.1. The Hall–Kier alpha value is -0.0800. The lowest BCUT2D eigenvalue weighted by atomic mass is 9.93. The van der Waals surface area contributed by atoms with Crippen molar-refractivity contribution in [3.8, 4) is 0 Å². The van der Waals surface area contributed by atoms with Crippen molar-refractivity contribution in [2.24, 2.45) is 17.6 Å². The minimum Gasteiger partial charge on any atom is -0.329 e. The topological polar surface area (TPSA) is 29.3 Å². The van der Waals surface area contributed by atoms with Crippen LogP contribution in [-0.4, -0.2) is 30.1 Å². The molecule has 0 aromatic rings. The fraction of sp³-hybridized carbons (Fsp3) is 1.00. The molecule has 0 radical (unpaired) electrons. The number of hydrogen-bond donors (Lipinski definition) is 1. The monoisotopic (exact) mass is 226 g/mol. The van der Waals surface area contributed by atoms with Gasteiger partial charge in [0.1, 0.15) is 0 Å². The largest absolute Gasteiger partial charge is 0.329 e. The van der Waals surface area contributed by atoms with E-state index >= 15 is 0 Å². The minimum atomic E-state index is 0.606. The van der Waals surface area contributed by atoms with Crippen molar-refractivity contribution in [2.75, 3.05) is 13.1 Å². The quantitative estimate of drug-likeness (QED) is 0.754. The highest BCUT2D eigenvalue weighted by Gasteiger charge is 2.33. The number of likely N-dealkylation sites (tertiary alicyclic amines) is 1. The van der Waals surface area contributed by atoms with Gasteiger partial charge in [0.25, 0.3) is 0 Å². The van der Waals surface area contributed by atoms with Crippen molar-refractivity contribution in [3.05, 3.63) is 0 Å². The highest BCUT2D eigenvalue weighted by atomic mass is 15.2. The Morgan fingerprint density at radius 3 is 2.50 bits per heavy atom. The van der Waals surface area contributed by atoms with E-state index in [2.05, 4.69) is 32.6 Å². The molecule has 3 atom stereocenters. The lowest BCUT2D eigenvalue weighted by Crippen LogP contribution is -2.48. The Labute approximate surface area is 102 Å². The average Bonchev–Trinajstić information content (AvgIpc) is 2.68.